The van der Waals surface area contributed by atoms with Gasteiger partial charge in [0.25, 0.3) is 0 Å². The van der Waals surface area contributed by atoms with E-state index in [-0.39, 0.29) is 11.8 Å². The molecule has 0 aliphatic carbocycles. The summed E-state index contributed by atoms with van der Waals surface area (Å²) in [6, 6.07) is 20.1. The van der Waals surface area contributed by atoms with Crippen LogP contribution in [0.1, 0.15) is 18.4 Å². The van der Waals surface area contributed by atoms with Crippen LogP contribution >= 0.6 is 0 Å². The second-order valence-electron chi connectivity index (χ2n) is 8.32. The number of amides is 2. The van der Waals surface area contributed by atoms with E-state index in [9.17, 15) is 18.0 Å². The summed E-state index contributed by atoms with van der Waals surface area (Å²) in [5, 5.41) is 10.0. The first kappa shape index (κ1) is 26.5. The maximum absolute atomic E-state index is 12.3. The molecule has 8 nitrogen and oxygen atoms in total. The van der Waals surface area contributed by atoms with Gasteiger partial charge in [0, 0.05) is 17.8 Å². The summed E-state index contributed by atoms with van der Waals surface area (Å²) < 4.78 is 47.5. The van der Waals surface area contributed by atoms with Crippen molar-refractivity contribution in [2.24, 2.45) is 0 Å². The number of nitrogens with zero attached hydrogens (tertiary/aromatic N) is 3. The van der Waals surface area contributed by atoms with Crippen molar-refractivity contribution < 1.29 is 27.4 Å². The number of alkyl halides is 3. The predicted molar refractivity (Wildman–Crippen MR) is 136 cm³/mol. The second kappa shape index (κ2) is 12.1. The average molecular weight is 526 g/mol. The van der Waals surface area contributed by atoms with Gasteiger partial charge in [0.1, 0.15) is 17.8 Å². The molecule has 0 bridgehead atoms. The lowest BCUT2D eigenvalue weighted by Gasteiger charge is -2.09. The number of urea groups is 1. The number of hydrogen-bond acceptors (Lipinski definition) is 5. The molecule has 0 fully saturated rings. The van der Waals surface area contributed by atoms with E-state index in [1.165, 1.54) is 35.3 Å². The molecule has 38 heavy (non-hydrogen) atoms. The standard InChI is InChI=1S/C27H26F3N5O3/c1-37-23-13-9-21(10-14-23)33-26(36)31-17-3-2-4-19-5-7-20(8-6-19)25-32-18-35(34-25)22-11-15-24(16-12-22)38-27(28,29)30/h5-16,18H,2-4,17H2,1H3,(H2,31,33,36). The van der Waals surface area contributed by atoms with E-state index in [1.807, 2.05) is 24.3 Å². The topological polar surface area (TPSA) is 90.3 Å². The number of anilines is 1. The van der Waals surface area contributed by atoms with Gasteiger partial charge in [0.15, 0.2) is 5.82 Å². The molecule has 2 amide bonds. The number of hydrogen-bond donors (Lipinski definition) is 2. The molecule has 0 spiro atoms. The molecule has 198 valence electrons. The van der Waals surface area contributed by atoms with Crippen molar-refractivity contribution in [2.75, 3.05) is 19.0 Å². The number of carbonyl (C=O) groups excluding carboxylic acids is 1. The van der Waals surface area contributed by atoms with E-state index in [2.05, 4.69) is 25.5 Å². The average Bonchev–Trinajstić information content (AvgIpc) is 3.39. The predicted octanol–water partition coefficient (Wildman–Crippen LogP) is 5.99. The van der Waals surface area contributed by atoms with Crippen molar-refractivity contribution in [3.8, 4) is 28.6 Å². The number of carbonyl (C=O) groups is 1. The SMILES string of the molecule is COc1ccc(NC(=O)NCCCCc2ccc(-c3ncn(-c4ccc(OC(F)(F)F)cc4)n3)cc2)cc1. The monoisotopic (exact) mass is 525 g/mol. The summed E-state index contributed by atoms with van der Waals surface area (Å²) >= 11 is 0. The van der Waals surface area contributed by atoms with Crippen molar-refractivity contribution in [1.29, 1.82) is 0 Å². The van der Waals surface area contributed by atoms with Crippen molar-refractivity contribution >= 4 is 11.7 Å². The Morgan fingerprint density at radius 1 is 0.921 bits per heavy atom. The Morgan fingerprint density at radius 3 is 2.26 bits per heavy atom. The van der Waals surface area contributed by atoms with Crippen LogP contribution in [0.15, 0.2) is 79.1 Å². The van der Waals surface area contributed by atoms with E-state index >= 15 is 0 Å². The Labute approximate surface area is 217 Å². The third-order valence-corrected chi connectivity index (χ3v) is 5.56. The lowest BCUT2D eigenvalue weighted by Crippen LogP contribution is -2.29. The van der Waals surface area contributed by atoms with Crippen LogP contribution in [0.2, 0.25) is 0 Å². The van der Waals surface area contributed by atoms with E-state index in [0.29, 0.717) is 23.7 Å². The normalized spacial score (nSPS) is 11.2. The van der Waals surface area contributed by atoms with Crippen molar-refractivity contribution in [3.05, 3.63) is 84.7 Å². The maximum Gasteiger partial charge on any atom is 0.573 e. The van der Waals surface area contributed by atoms with Gasteiger partial charge < -0.3 is 20.1 Å². The van der Waals surface area contributed by atoms with Gasteiger partial charge in [0.05, 0.1) is 12.8 Å². The molecular formula is C27H26F3N5O3. The number of aromatic nitrogens is 3. The molecule has 0 aliphatic rings. The summed E-state index contributed by atoms with van der Waals surface area (Å²) in [7, 11) is 1.59. The lowest BCUT2D eigenvalue weighted by molar-refractivity contribution is -0.274. The quantitative estimate of drug-likeness (QED) is 0.249. The molecule has 4 aromatic rings. The van der Waals surface area contributed by atoms with E-state index in [4.69, 9.17) is 4.74 Å². The van der Waals surface area contributed by atoms with Gasteiger partial charge in [0.2, 0.25) is 0 Å². The molecule has 4 rings (SSSR count). The molecule has 11 heteroatoms. The number of aryl methyl sites for hydroxylation is 1. The van der Waals surface area contributed by atoms with Crippen LogP contribution in [0.25, 0.3) is 17.1 Å². The molecule has 3 aromatic carbocycles. The van der Waals surface area contributed by atoms with Crippen molar-refractivity contribution in [3.63, 3.8) is 0 Å². The van der Waals surface area contributed by atoms with Gasteiger partial charge in [-0.2, -0.15) is 0 Å². The minimum Gasteiger partial charge on any atom is -0.497 e. The molecule has 1 heterocycles. The molecule has 2 N–H and O–H groups in total. The van der Waals surface area contributed by atoms with Gasteiger partial charge in [-0.05, 0) is 73.4 Å². The molecule has 0 saturated carbocycles. The van der Waals surface area contributed by atoms with Crippen molar-refractivity contribution in [1.82, 2.24) is 20.1 Å². The fourth-order valence-electron chi connectivity index (χ4n) is 3.65. The first-order valence-corrected chi connectivity index (χ1v) is 11.9. The zero-order valence-electron chi connectivity index (χ0n) is 20.5. The third kappa shape index (κ3) is 7.73. The van der Waals surface area contributed by atoms with Crippen molar-refractivity contribution in [2.45, 2.75) is 25.6 Å². The molecular weight excluding hydrogens is 499 g/mol. The number of methoxy groups -OCH3 is 1. The van der Waals surface area contributed by atoms with Gasteiger partial charge in [-0.3, -0.25) is 0 Å². The first-order chi connectivity index (χ1) is 18.3. The summed E-state index contributed by atoms with van der Waals surface area (Å²) in [6.07, 6.45) is -0.642. The highest BCUT2D eigenvalue weighted by Crippen LogP contribution is 2.24. The summed E-state index contributed by atoms with van der Waals surface area (Å²) in [4.78, 5) is 16.3. The van der Waals surface area contributed by atoms with E-state index in [0.717, 1.165) is 36.1 Å². The zero-order valence-corrected chi connectivity index (χ0v) is 20.5. The van der Waals surface area contributed by atoms with Crippen LogP contribution in [0.3, 0.4) is 0 Å². The van der Waals surface area contributed by atoms with Crippen LogP contribution in [0.4, 0.5) is 23.7 Å². The van der Waals surface area contributed by atoms with Crippen LogP contribution in [-0.4, -0.2) is 40.8 Å². The van der Waals surface area contributed by atoms with Gasteiger partial charge in [-0.15, -0.1) is 18.3 Å². The molecule has 1 aromatic heterocycles. The molecule has 0 unspecified atom stereocenters. The van der Waals surface area contributed by atoms with Crippen LogP contribution < -0.4 is 20.1 Å². The van der Waals surface area contributed by atoms with E-state index < -0.39 is 6.36 Å². The Hall–Kier alpha value is -4.54. The Bertz CT molecular complexity index is 1320. The minimum absolute atomic E-state index is 0.253. The molecule has 0 atom stereocenters. The number of halogens is 3. The number of ether oxygens (including phenoxy) is 2. The maximum atomic E-state index is 12.3. The lowest BCUT2D eigenvalue weighted by atomic mass is 10.1. The highest BCUT2D eigenvalue weighted by molar-refractivity contribution is 5.89. The number of rotatable bonds is 10. The highest BCUT2D eigenvalue weighted by Gasteiger charge is 2.31. The number of benzene rings is 3. The zero-order chi connectivity index (χ0) is 27.0. The summed E-state index contributed by atoms with van der Waals surface area (Å²) in [5.74, 6) is 0.922. The van der Waals surface area contributed by atoms with E-state index in [1.54, 1.807) is 31.4 Å². The third-order valence-electron chi connectivity index (χ3n) is 5.56. The summed E-state index contributed by atoms with van der Waals surface area (Å²) in [5.41, 5.74) is 3.22. The molecule has 0 aliphatic heterocycles. The fourth-order valence-corrected chi connectivity index (χ4v) is 3.65. The van der Waals surface area contributed by atoms with Gasteiger partial charge in [-0.25, -0.2) is 14.5 Å². The van der Waals surface area contributed by atoms with Crippen LogP contribution in [-0.2, 0) is 6.42 Å². The fraction of sp³-hybridized carbons (Fsp3) is 0.222. The number of unbranched alkanes of at least 4 members (excludes halogenated alkanes) is 1. The minimum atomic E-state index is -4.74. The smallest absolute Gasteiger partial charge is 0.497 e. The Morgan fingerprint density at radius 2 is 1.61 bits per heavy atom. The number of nitrogens with one attached hydrogen (secondary N) is 2. The highest BCUT2D eigenvalue weighted by atomic mass is 19.4. The summed E-state index contributed by atoms with van der Waals surface area (Å²) in [6.45, 7) is 0.560. The second-order valence-corrected chi connectivity index (χ2v) is 8.32. The Balaban J connectivity index is 1.20. The van der Waals surface area contributed by atoms with Gasteiger partial charge >= 0.3 is 12.4 Å². The molecule has 0 radical (unpaired) electrons. The van der Waals surface area contributed by atoms with Crippen LogP contribution in [0.5, 0.6) is 11.5 Å². The largest absolute Gasteiger partial charge is 0.573 e. The van der Waals surface area contributed by atoms with Gasteiger partial charge in [-0.1, -0.05) is 24.3 Å². The van der Waals surface area contributed by atoms with Crippen LogP contribution in [0, 0.1) is 0 Å². The molecule has 0 saturated heterocycles. The Kier molecular flexibility index (Phi) is 8.47. The first-order valence-electron chi connectivity index (χ1n) is 11.9.